The fourth-order valence-corrected chi connectivity index (χ4v) is 1.52. The van der Waals surface area contributed by atoms with Crippen molar-refractivity contribution < 1.29 is 14.3 Å². The number of ether oxygens (including phenoxy) is 1. The van der Waals surface area contributed by atoms with Crippen LogP contribution in [0, 0.1) is 11.8 Å². The summed E-state index contributed by atoms with van der Waals surface area (Å²) in [6.45, 7) is 4.93. The number of hydrogen-bond donors (Lipinski definition) is 0. The van der Waals surface area contributed by atoms with E-state index in [9.17, 15) is 9.59 Å². The highest BCUT2D eigenvalue weighted by Crippen LogP contribution is 2.15. The lowest BCUT2D eigenvalue weighted by atomic mass is 9.91. The first-order valence-electron chi connectivity index (χ1n) is 5.24. The zero-order valence-corrected chi connectivity index (χ0v) is 8.91. The molecule has 3 heteroatoms. The van der Waals surface area contributed by atoms with Gasteiger partial charge in [-0.1, -0.05) is 13.8 Å². The molecule has 0 aliphatic carbocycles. The van der Waals surface area contributed by atoms with Crippen LogP contribution in [0.2, 0.25) is 0 Å². The summed E-state index contributed by atoms with van der Waals surface area (Å²) in [6, 6.07) is 0. The third-order valence-corrected chi connectivity index (χ3v) is 2.52. The van der Waals surface area contributed by atoms with Gasteiger partial charge in [0.15, 0.2) is 0 Å². The summed E-state index contributed by atoms with van der Waals surface area (Å²) < 4.78 is 5.14. The maximum atomic E-state index is 11.6. The monoisotopic (exact) mass is 198 g/mol. The highest BCUT2D eigenvalue weighted by molar-refractivity contribution is 6.02. The maximum Gasteiger partial charge on any atom is 0.147 e. The van der Waals surface area contributed by atoms with Gasteiger partial charge in [-0.3, -0.25) is 9.59 Å². The summed E-state index contributed by atoms with van der Waals surface area (Å²) in [7, 11) is 0. The normalized spacial score (nSPS) is 22.8. The van der Waals surface area contributed by atoms with E-state index >= 15 is 0 Å². The van der Waals surface area contributed by atoms with Crippen LogP contribution in [0.5, 0.6) is 0 Å². The van der Waals surface area contributed by atoms with Crippen molar-refractivity contribution in [1.29, 1.82) is 0 Å². The highest BCUT2D eigenvalue weighted by atomic mass is 16.5. The Bertz CT molecular complexity index is 221. The van der Waals surface area contributed by atoms with E-state index in [0.29, 0.717) is 32.0 Å². The third kappa shape index (κ3) is 3.22. The average molecular weight is 198 g/mol. The molecule has 1 heterocycles. The Hall–Kier alpha value is -0.700. The number of carbonyl (C=O) groups is 2. The third-order valence-electron chi connectivity index (χ3n) is 2.52. The first kappa shape index (κ1) is 11.4. The molecule has 1 atom stereocenters. The van der Waals surface area contributed by atoms with Gasteiger partial charge in [-0.25, -0.2) is 0 Å². The molecular weight excluding hydrogens is 180 g/mol. The van der Waals surface area contributed by atoms with Gasteiger partial charge in [0.05, 0.1) is 19.1 Å². The lowest BCUT2D eigenvalue weighted by Gasteiger charge is -2.19. The molecular formula is C11H18O3. The first-order valence-corrected chi connectivity index (χ1v) is 5.24. The van der Waals surface area contributed by atoms with E-state index in [0.717, 1.165) is 6.42 Å². The lowest BCUT2D eigenvalue weighted by Crippen LogP contribution is -2.33. The van der Waals surface area contributed by atoms with Gasteiger partial charge in [0.2, 0.25) is 0 Å². The molecule has 0 N–H and O–H groups in total. The Balaban J connectivity index is 2.38. The van der Waals surface area contributed by atoms with E-state index in [1.165, 1.54) is 0 Å². The van der Waals surface area contributed by atoms with Gasteiger partial charge in [-0.15, -0.1) is 0 Å². The van der Waals surface area contributed by atoms with E-state index in [1.54, 1.807) is 0 Å². The van der Waals surface area contributed by atoms with Gasteiger partial charge < -0.3 is 4.74 Å². The van der Waals surface area contributed by atoms with Gasteiger partial charge in [0.1, 0.15) is 11.6 Å². The van der Waals surface area contributed by atoms with Crippen molar-refractivity contribution in [2.75, 3.05) is 13.2 Å². The van der Waals surface area contributed by atoms with Crippen molar-refractivity contribution in [3.63, 3.8) is 0 Å². The van der Waals surface area contributed by atoms with Gasteiger partial charge in [-0.05, 0) is 12.3 Å². The predicted molar refractivity (Wildman–Crippen MR) is 53.0 cm³/mol. The van der Waals surface area contributed by atoms with Crippen LogP contribution in [-0.4, -0.2) is 24.8 Å². The van der Waals surface area contributed by atoms with Crippen LogP contribution in [0.3, 0.4) is 0 Å². The van der Waals surface area contributed by atoms with Crippen LogP contribution in [0.4, 0.5) is 0 Å². The molecule has 80 valence electrons. The number of rotatable bonds is 4. The Labute approximate surface area is 84.8 Å². The zero-order valence-electron chi connectivity index (χ0n) is 8.91. The van der Waals surface area contributed by atoms with Crippen LogP contribution in [0.15, 0.2) is 0 Å². The standard InChI is InChI=1S/C11H18O3/c1-8(2)3-4-10(12)9-7-14-6-5-11(9)13/h8-9H,3-7H2,1-2H3. The molecule has 14 heavy (non-hydrogen) atoms. The highest BCUT2D eigenvalue weighted by Gasteiger charge is 2.28. The van der Waals surface area contributed by atoms with Crippen molar-refractivity contribution in [3.8, 4) is 0 Å². The van der Waals surface area contributed by atoms with E-state index < -0.39 is 5.92 Å². The molecule has 1 fully saturated rings. The number of ketones is 2. The topological polar surface area (TPSA) is 43.4 Å². The molecule has 1 rings (SSSR count). The molecule has 0 aromatic rings. The Morgan fingerprint density at radius 3 is 2.86 bits per heavy atom. The average Bonchev–Trinajstić information content (AvgIpc) is 2.15. The number of hydrogen-bond acceptors (Lipinski definition) is 3. The molecule has 1 unspecified atom stereocenters. The van der Waals surface area contributed by atoms with Crippen LogP contribution in [-0.2, 0) is 14.3 Å². The van der Waals surface area contributed by atoms with E-state index in [1.807, 2.05) is 0 Å². The maximum absolute atomic E-state index is 11.6. The second-order valence-corrected chi connectivity index (χ2v) is 4.24. The lowest BCUT2D eigenvalue weighted by molar-refractivity contribution is -0.140. The molecule has 0 spiro atoms. The van der Waals surface area contributed by atoms with Crippen molar-refractivity contribution in [3.05, 3.63) is 0 Å². The molecule has 1 aliphatic heterocycles. The van der Waals surface area contributed by atoms with E-state index in [4.69, 9.17) is 4.74 Å². The fraction of sp³-hybridized carbons (Fsp3) is 0.818. The largest absolute Gasteiger partial charge is 0.380 e. The van der Waals surface area contributed by atoms with Crippen LogP contribution < -0.4 is 0 Å². The first-order chi connectivity index (χ1) is 6.61. The fourth-order valence-electron chi connectivity index (χ4n) is 1.52. The van der Waals surface area contributed by atoms with Crippen molar-refractivity contribution >= 4 is 11.6 Å². The number of Topliss-reactive ketones (excluding diaryl/α,β-unsaturated/α-hetero) is 2. The second kappa shape index (κ2) is 5.25. The van der Waals surface area contributed by atoms with Crippen molar-refractivity contribution in [2.45, 2.75) is 33.1 Å². The van der Waals surface area contributed by atoms with Gasteiger partial charge in [0, 0.05) is 12.8 Å². The molecule has 0 amide bonds. The predicted octanol–water partition coefficient (Wildman–Crippen LogP) is 1.60. The van der Waals surface area contributed by atoms with Crippen LogP contribution in [0.25, 0.3) is 0 Å². The molecule has 0 radical (unpaired) electrons. The van der Waals surface area contributed by atoms with Crippen molar-refractivity contribution in [2.24, 2.45) is 11.8 Å². The van der Waals surface area contributed by atoms with Crippen LogP contribution in [0.1, 0.15) is 33.1 Å². The van der Waals surface area contributed by atoms with Gasteiger partial charge in [0.25, 0.3) is 0 Å². The van der Waals surface area contributed by atoms with Gasteiger partial charge >= 0.3 is 0 Å². The molecule has 1 aliphatic rings. The minimum Gasteiger partial charge on any atom is -0.380 e. The summed E-state index contributed by atoms with van der Waals surface area (Å²) in [5.74, 6) is 0.162. The summed E-state index contributed by atoms with van der Waals surface area (Å²) in [5.41, 5.74) is 0. The molecule has 0 saturated carbocycles. The van der Waals surface area contributed by atoms with Crippen LogP contribution >= 0.6 is 0 Å². The zero-order chi connectivity index (χ0) is 10.6. The Kier molecular flexibility index (Phi) is 4.26. The SMILES string of the molecule is CC(C)CCC(=O)C1COCCC1=O. The minimum absolute atomic E-state index is 0.0587. The second-order valence-electron chi connectivity index (χ2n) is 4.24. The molecule has 1 saturated heterocycles. The van der Waals surface area contributed by atoms with Gasteiger partial charge in [-0.2, -0.15) is 0 Å². The summed E-state index contributed by atoms with van der Waals surface area (Å²) in [4.78, 5) is 23.0. The van der Waals surface area contributed by atoms with E-state index in [2.05, 4.69) is 13.8 Å². The summed E-state index contributed by atoms with van der Waals surface area (Å²) in [6.07, 6.45) is 1.78. The summed E-state index contributed by atoms with van der Waals surface area (Å²) in [5, 5.41) is 0. The molecule has 0 aromatic heterocycles. The Morgan fingerprint density at radius 2 is 2.29 bits per heavy atom. The molecule has 0 bridgehead atoms. The number of carbonyl (C=O) groups excluding carboxylic acids is 2. The minimum atomic E-state index is -0.470. The quantitative estimate of drug-likeness (QED) is 0.644. The molecule has 3 nitrogen and oxygen atoms in total. The Morgan fingerprint density at radius 1 is 1.57 bits per heavy atom. The smallest absolute Gasteiger partial charge is 0.147 e. The summed E-state index contributed by atoms with van der Waals surface area (Å²) >= 11 is 0. The van der Waals surface area contributed by atoms with E-state index in [-0.39, 0.29) is 11.6 Å². The molecule has 0 aromatic carbocycles. The van der Waals surface area contributed by atoms with Crippen molar-refractivity contribution in [1.82, 2.24) is 0 Å².